The van der Waals surface area contributed by atoms with Gasteiger partial charge in [-0.25, -0.2) is 0 Å². The Morgan fingerprint density at radius 2 is 1.80 bits per heavy atom. The Morgan fingerprint density at radius 3 is 2.33 bits per heavy atom. The molecule has 1 fully saturated rings. The topological polar surface area (TPSA) is 49.2 Å². The molecule has 0 atom stereocenters. The number of aliphatic hydroxyl groups excluding tert-OH is 1. The zero-order valence-electron chi connectivity index (χ0n) is 8.89. The van der Waals surface area contributed by atoms with Gasteiger partial charge in [0.25, 0.3) is 0 Å². The summed E-state index contributed by atoms with van der Waals surface area (Å²) in [7, 11) is 0. The predicted molar refractivity (Wildman–Crippen MR) is 58.6 cm³/mol. The van der Waals surface area contributed by atoms with E-state index < -0.39 is 0 Å². The number of nitrogens with zero attached hydrogens (tertiary/aromatic N) is 3. The lowest BCUT2D eigenvalue weighted by molar-refractivity contribution is 0.275. The van der Waals surface area contributed by atoms with Crippen molar-refractivity contribution >= 4 is 5.82 Å². The number of hydrogen-bond acceptors (Lipinski definition) is 4. The van der Waals surface area contributed by atoms with E-state index >= 15 is 0 Å². The summed E-state index contributed by atoms with van der Waals surface area (Å²) in [6.07, 6.45) is 5.12. The first-order valence-electron chi connectivity index (χ1n) is 5.58. The van der Waals surface area contributed by atoms with Crippen molar-refractivity contribution in [3.05, 3.63) is 17.8 Å². The lowest BCUT2D eigenvalue weighted by Gasteiger charge is -2.20. The number of anilines is 1. The van der Waals surface area contributed by atoms with Gasteiger partial charge in [-0.3, -0.25) is 0 Å². The smallest absolute Gasteiger partial charge is 0.151 e. The minimum atomic E-state index is -0.0344. The first-order valence-corrected chi connectivity index (χ1v) is 5.58. The molecule has 1 aliphatic heterocycles. The maximum Gasteiger partial charge on any atom is 0.151 e. The van der Waals surface area contributed by atoms with Crippen molar-refractivity contribution in [1.29, 1.82) is 0 Å². The molecule has 0 bridgehead atoms. The predicted octanol–water partition coefficient (Wildman–Crippen LogP) is 1.35. The van der Waals surface area contributed by atoms with Crippen LogP contribution in [-0.2, 0) is 6.61 Å². The minimum Gasteiger partial charge on any atom is -0.390 e. The molecule has 15 heavy (non-hydrogen) atoms. The van der Waals surface area contributed by atoms with Crippen molar-refractivity contribution in [2.75, 3.05) is 18.0 Å². The van der Waals surface area contributed by atoms with Gasteiger partial charge in [-0.05, 0) is 25.0 Å². The minimum absolute atomic E-state index is 0.0344. The second-order valence-corrected chi connectivity index (χ2v) is 3.94. The van der Waals surface area contributed by atoms with E-state index in [2.05, 4.69) is 15.1 Å². The SMILES string of the molecule is OCc1ccc(N2CCCCCC2)nn1. The molecule has 0 radical (unpaired) electrons. The highest BCUT2D eigenvalue weighted by molar-refractivity contribution is 5.37. The molecule has 0 aliphatic carbocycles. The summed E-state index contributed by atoms with van der Waals surface area (Å²) in [5.41, 5.74) is 0.633. The molecule has 2 heterocycles. The third kappa shape index (κ3) is 2.65. The average Bonchev–Trinajstić information content (AvgIpc) is 2.58. The third-order valence-electron chi connectivity index (χ3n) is 2.80. The Hall–Kier alpha value is -1.16. The maximum absolute atomic E-state index is 8.87. The largest absolute Gasteiger partial charge is 0.390 e. The van der Waals surface area contributed by atoms with E-state index in [1.807, 2.05) is 12.1 Å². The van der Waals surface area contributed by atoms with Crippen LogP contribution in [0.3, 0.4) is 0 Å². The summed E-state index contributed by atoms with van der Waals surface area (Å²) in [5.74, 6) is 0.939. The van der Waals surface area contributed by atoms with Crippen LogP contribution < -0.4 is 4.90 Å². The highest BCUT2D eigenvalue weighted by Gasteiger charge is 2.10. The number of rotatable bonds is 2. The summed E-state index contributed by atoms with van der Waals surface area (Å²) in [6, 6.07) is 3.79. The fourth-order valence-electron chi connectivity index (χ4n) is 1.91. The van der Waals surface area contributed by atoms with Crippen LogP contribution >= 0.6 is 0 Å². The lowest BCUT2D eigenvalue weighted by Crippen LogP contribution is -2.25. The lowest BCUT2D eigenvalue weighted by atomic mass is 10.2. The summed E-state index contributed by atoms with van der Waals surface area (Å²) >= 11 is 0. The maximum atomic E-state index is 8.87. The van der Waals surface area contributed by atoms with Gasteiger partial charge in [-0.2, -0.15) is 5.10 Å². The molecule has 1 aliphatic rings. The Labute approximate surface area is 89.9 Å². The van der Waals surface area contributed by atoms with E-state index in [1.165, 1.54) is 25.7 Å². The Bertz CT molecular complexity index is 291. The molecule has 0 saturated carbocycles. The summed E-state index contributed by atoms with van der Waals surface area (Å²) < 4.78 is 0. The monoisotopic (exact) mass is 207 g/mol. The van der Waals surface area contributed by atoms with Crippen LogP contribution in [-0.4, -0.2) is 28.4 Å². The van der Waals surface area contributed by atoms with E-state index in [0.717, 1.165) is 18.9 Å². The van der Waals surface area contributed by atoms with E-state index in [-0.39, 0.29) is 6.61 Å². The third-order valence-corrected chi connectivity index (χ3v) is 2.80. The fourth-order valence-corrected chi connectivity index (χ4v) is 1.91. The Kier molecular flexibility index (Phi) is 3.50. The molecule has 1 aromatic rings. The van der Waals surface area contributed by atoms with Crippen LogP contribution in [0.2, 0.25) is 0 Å². The zero-order valence-corrected chi connectivity index (χ0v) is 8.89. The first-order chi connectivity index (χ1) is 7.40. The van der Waals surface area contributed by atoms with Gasteiger partial charge >= 0.3 is 0 Å². The van der Waals surface area contributed by atoms with Crippen molar-refractivity contribution in [2.24, 2.45) is 0 Å². The molecule has 82 valence electrons. The van der Waals surface area contributed by atoms with Crippen LogP contribution in [0.4, 0.5) is 5.82 Å². The van der Waals surface area contributed by atoms with Gasteiger partial charge in [0.15, 0.2) is 5.82 Å². The first kappa shape index (κ1) is 10.4. The van der Waals surface area contributed by atoms with E-state index in [9.17, 15) is 0 Å². The summed E-state index contributed by atoms with van der Waals surface area (Å²) in [4.78, 5) is 2.28. The van der Waals surface area contributed by atoms with E-state index in [4.69, 9.17) is 5.11 Å². The zero-order chi connectivity index (χ0) is 10.5. The second kappa shape index (κ2) is 5.07. The summed E-state index contributed by atoms with van der Waals surface area (Å²) in [6.45, 7) is 2.12. The average molecular weight is 207 g/mol. The molecule has 4 heteroatoms. The molecular formula is C11H17N3O. The Morgan fingerprint density at radius 1 is 1.07 bits per heavy atom. The van der Waals surface area contributed by atoms with Gasteiger partial charge in [0.05, 0.1) is 12.3 Å². The van der Waals surface area contributed by atoms with Crippen LogP contribution in [0.15, 0.2) is 12.1 Å². The number of aromatic nitrogens is 2. The molecule has 0 aromatic carbocycles. The van der Waals surface area contributed by atoms with E-state index in [0.29, 0.717) is 5.69 Å². The molecule has 1 saturated heterocycles. The highest BCUT2D eigenvalue weighted by atomic mass is 16.3. The van der Waals surface area contributed by atoms with Gasteiger partial charge in [-0.1, -0.05) is 12.8 Å². The van der Waals surface area contributed by atoms with Gasteiger partial charge in [0.2, 0.25) is 0 Å². The fraction of sp³-hybridized carbons (Fsp3) is 0.636. The van der Waals surface area contributed by atoms with Crippen molar-refractivity contribution in [3.63, 3.8) is 0 Å². The molecule has 2 rings (SSSR count). The number of aliphatic hydroxyl groups is 1. The van der Waals surface area contributed by atoms with Crippen LogP contribution in [0.5, 0.6) is 0 Å². The molecule has 1 aromatic heterocycles. The molecule has 0 amide bonds. The highest BCUT2D eigenvalue weighted by Crippen LogP contribution is 2.16. The van der Waals surface area contributed by atoms with Crippen LogP contribution in [0.25, 0.3) is 0 Å². The quantitative estimate of drug-likeness (QED) is 0.795. The molecular weight excluding hydrogens is 190 g/mol. The van der Waals surface area contributed by atoms with Crippen molar-refractivity contribution in [3.8, 4) is 0 Å². The van der Waals surface area contributed by atoms with Crippen molar-refractivity contribution < 1.29 is 5.11 Å². The van der Waals surface area contributed by atoms with Gasteiger partial charge in [-0.15, -0.1) is 5.10 Å². The molecule has 4 nitrogen and oxygen atoms in total. The van der Waals surface area contributed by atoms with Crippen LogP contribution in [0.1, 0.15) is 31.4 Å². The standard InChI is InChI=1S/C11H17N3O/c15-9-10-5-6-11(13-12-10)14-7-3-1-2-4-8-14/h5-6,15H,1-4,7-9H2. The second-order valence-electron chi connectivity index (χ2n) is 3.94. The van der Waals surface area contributed by atoms with Crippen LogP contribution in [0, 0.1) is 0 Å². The van der Waals surface area contributed by atoms with E-state index in [1.54, 1.807) is 0 Å². The number of hydrogen-bond donors (Lipinski definition) is 1. The normalized spacial score (nSPS) is 17.5. The molecule has 0 unspecified atom stereocenters. The van der Waals surface area contributed by atoms with Gasteiger partial charge in [0.1, 0.15) is 0 Å². The van der Waals surface area contributed by atoms with Gasteiger partial charge < -0.3 is 10.0 Å². The van der Waals surface area contributed by atoms with Gasteiger partial charge in [0, 0.05) is 13.1 Å². The molecule has 1 N–H and O–H groups in total. The molecule has 0 spiro atoms. The Balaban J connectivity index is 2.06. The van der Waals surface area contributed by atoms with Crippen molar-refractivity contribution in [2.45, 2.75) is 32.3 Å². The van der Waals surface area contributed by atoms with Crippen molar-refractivity contribution in [1.82, 2.24) is 10.2 Å². The summed E-state index contributed by atoms with van der Waals surface area (Å²) in [5, 5.41) is 17.0.